The van der Waals surface area contributed by atoms with E-state index in [-0.39, 0.29) is 30.4 Å². The van der Waals surface area contributed by atoms with Gasteiger partial charge in [-0.15, -0.1) is 0 Å². The Hall–Kier alpha value is -2.97. The van der Waals surface area contributed by atoms with Gasteiger partial charge < -0.3 is 14.6 Å². The number of carbonyl (C=O) groups is 2. The van der Waals surface area contributed by atoms with Crippen molar-refractivity contribution in [3.63, 3.8) is 0 Å². The Morgan fingerprint density at radius 2 is 2.35 bits per heavy atom. The lowest BCUT2D eigenvalue weighted by Gasteiger charge is -2.13. The molecular formula is C14H13FN4O4. The van der Waals surface area contributed by atoms with Crippen molar-refractivity contribution >= 4 is 17.7 Å². The fourth-order valence-electron chi connectivity index (χ4n) is 2.24. The molecule has 0 radical (unpaired) electrons. The minimum absolute atomic E-state index is 0.126. The zero-order valence-corrected chi connectivity index (χ0v) is 12.2. The third-order valence-corrected chi connectivity index (χ3v) is 3.32. The number of benzene rings is 1. The van der Waals surface area contributed by atoms with Crippen LogP contribution in [-0.2, 0) is 9.53 Å². The lowest BCUT2D eigenvalue weighted by Crippen LogP contribution is -2.33. The third kappa shape index (κ3) is 3.12. The molecule has 2 amide bonds. The average molecular weight is 320 g/mol. The average Bonchev–Trinajstić information content (AvgIpc) is 3.14. The molecule has 2 heterocycles. The molecule has 1 saturated heterocycles. The summed E-state index contributed by atoms with van der Waals surface area (Å²) in [7, 11) is 0. The standard InChI is InChI=1S/C14H13FN4O4/c1-8(20)16-5-10-6-19(14(21)23-10)9-2-3-11(12(15)4-9)13-17-7-22-18-13/h2-4,7,10H,5-6H2,1H3,(H,16,20)/t10-/m0/s1. The van der Waals surface area contributed by atoms with Gasteiger partial charge in [-0.2, -0.15) is 4.98 Å². The first-order valence-corrected chi connectivity index (χ1v) is 6.83. The second-order valence-corrected chi connectivity index (χ2v) is 4.97. The summed E-state index contributed by atoms with van der Waals surface area (Å²) in [5, 5.41) is 6.15. The van der Waals surface area contributed by atoms with Crippen molar-refractivity contribution in [2.24, 2.45) is 0 Å². The van der Waals surface area contributed by atoms with Crippen molar-refractivity contribution in [1.29, 1.82) is 0 Å². The van der Waals surface area contributed by atoms with Crippen molar-refractivity contribution in [1.82, 2.24) is 15.5 Å². The van der Waals surface area contributed by atoms with E-state index in [0.717, 1.165) is 6.39 Å². The Kier molecular flexibility index (Phi) is 3.92. The predicted octanol–water partition coefficient (Wildman–Crippen LogP) is 1.34. The van der Waals surface area contributed by atoms with Gasteiger partial charge in [0.25, 0.3) is 0 Å². The Bertz CT molecular complexity index is 734. The van der Waals surface area contributed by atoms with E-state index >= 15 is 0 Å². The third-order valence-electron chi connectivity index (χ3n) is 3.32. The van der Waals surface area contributed by atoms with E-state index in [1.165, 1.54) is 24.0 Å². The monoisotopic (exact) mass is 320 g/mol. The molecule has 1 fully saturated rings. The van der Waals surface area contributed by atoms with E-state index in [9.17, 15) is 14.0 Å². The van der Waals surface area contributed by atoms with Crippen LogP contribution in [-0.4, -0.2) is 41.3 Å². The van der Waals surface area contributed by atoms with Gasteiger partial charge in [0, 0.05) is 6.92 Å². The first-order chi connectivity index (χ1) is 11.0. The molecule has 1 aliphatic heterocycles. The maximum absolute atomic E-state index is 14.2. The first-order valence-electron chi connectivity index (χ1n) is 6.83. The molecule has 2 aromatic rings. The number of hydrogen-bond acceptors (Lipinski definition) is 6. The molecule has 3 rings (SSSR count). The molecule has 0 bridgehead atoms. The van der Waals surface area contributed by atoms with E-state index < -0.39 is 18.0 Å². The molecule has 1 atom stereocenters. The molecule has 0 spiro atoms. The van der Waals surface area contributed by atoms with Crippen LogP contribution in [0.1, 0.15) is 6.92 Å². The number of amides is 2. The van der Waals surface area contributed by atoms with Gasteiger partial charge in [0.2, 0.25) is 18.1 Å². The summed E-state index contributed by atoms with van der Waals surface area (Å²) in [5.41, 5.74) is 0.523. The first kappa shape index (κ1) is 14.9. The van der Waals surface area contributed by atoms with Crippen LogP contribution in [0.4, 0.5) is 14.9 Å². The number of cyclic esters (lactones) is 1. The van der Waals surface area contributed by atoms with Gasteiger partial charge >= 0.3 is 6.09 Å². The van der Waals surface area contributed by atoms with Gasteiger partial charge in [-0.3, -0.25) is 9.69 Å². The van der Waals surface area contributed by atoms with Gasteiger partial charge in [0.15, 0.2) is 0 Å². The number of nitrogens with zero attached hydrogens (tertiary/aromatic N) is 3. The maximum atomic E-state index is 14.2. The summed E-state index contributed by atoms with van der Waals surface area (Å²) in [4.78, 5) is 27.9. The Labute approximate surface area is 130 Å². The molecule has 1 aromatic carbocycles. The second-order valence-electron chi connectivity index (χ2n) is 4.97. The van der Waals surface area contributed by atoms with E-state index in [2.05, 4.69) is 20.0 Å². The molecule has 0 unspecified atom stereocenters. The molecule has 8 nitrogen and oxygen atoms in total. The number of anilines is 1. The van der Waals surface area contributed by atoms with Gasteiger partial charge in [-0.25, -0.2) is 9.18 Å². The van der Waals surface area contributed by atoms with Crippen LogP contribution in [0, 0.1) is 5.82 Å². The second kappa shape index (κ2) is 6.03. The highest BCUT2D eigenvalue weighted by Gasteiger charge is 2.32. The normalized spacial score (nSPS) is 17.2. The molecule has 23 heavy (non-hydrogen) atoms. The van der Waals surface area contributed by atoms with Crippen molar-refractivity contribution in [2.45, 2.75) is 13.0 Å². The Morgan fingerprint density at radius 3 is 3.00 bits per heavy atom. The molecule has 9 heteroatoms. The molecule has 1 aliphatic rings. The minimum Gasteiger partial charge on any atom is -0.442 e. The molecular weight excluding hydrogens is 307 g/mol. The quantitative estimate of drug-likeness (QED) is 0.913. The van der Waals surface area contributed by atoms with Crippen LogP contribution in [0.3, 0.4) is 0 Å². The number of halogens is 1. The summed E-state index contributed by atoms with van der Waals surface area (Å²) in [6, 6.07) is 4.23. The number of nitrogens with one attached hydrogen (secondary N) is 1. The largest absolute Gasteiger partial charge is 0.442 e. The van der Waals surface area contributed by atoms with Crippen LogP contribution in [0.15, 0.2) is 29.1 Å². The summed E-state index contributed by atoms with van der Waals surface area (Å²) < 4.78 is 23.9. The maximum Gasteiger partial charge on any atom is 0.414 e. The fourth-order valence-corrected chi connectivity index (χ4v) is 2.24. The molecule has 0 aliphatic carbocycles. The summed E-state index contributed by atoms with van der Waals surface area (Å²) in [5.74, 6) is -0.668. The zero-order valence-electron chi connectivity index (χ0n) is 12.2. The fraction of sp³-hybridized carbons (Fsp3) is 0.286. The summed E-state index contributed by atoms with van der Waals surface area (Å²) >= 11 is 0. The van der Waals surface area contributed by atoms with Crippen LogP contribution in [0.25, 0.3) is 11.4 Å². The highest BCUT2D eigenvalue weighted by molar-refractivity contribution is 5.90. The van der Waals surface area contributed by atoms with E-state index in [4.69, 9.17) is 4.74 Å². The predicted molar refractivity (Wildman–Crippen MR) is 76.0 cm³/mol. The SMILES string of the molecule is CC(=O)NC[C@H]1CN(c2ccc(-c3ncon3)c(F)c2)C(=O)O1. The highest BCUT2D eigenvalue weighted by Crippen LogP contribution is 2.27. The van der Waals surface area contributed by atoms with Crippen LogP contribution in [0.5, 0.6) is 0 Å². The zero-order chi connectivity index (χ0) is 16.4. The Balaban J connectivity index is 1.76. The van der Waals surface area contributed by atoms with Crippen molar-refractivity contribution in [3.8, 4) is 11.4 Å². The van der Waals surface area contributed by atoms with E-state index in [1.807, 2.05) is 0 Å². The highest BCUT2D eigenvalue weighted by atomic mass is 19.1. The topological polar surface area (TPSA) is 97.6 Å². The van der Waals surface area contributed by atoms with Crippen LogP contribution in [0.2, 0.25) is 0 Å². The smallest absolute Gasteiger partial charge is 0.414 e. The molecule has 1 N–H and O–H groups in total. The van der Waals surface area contributed by atoms with E-state index in [0.29, 0.717) is 5.69 Å². The van der Waals surface area contributed by atoms with Gasteiger partial charge in [-0.1, -0.05) is 5.16 Å². The molecule has 1 aromatic heterocycles. The van der Waals surface area contributed by atoms with Crippen molar-refractivity contribution in [3.05, 3.63) is 30.4 Å². The van der Waals surface area contributed by atoms with Crippen LogP contribution >= 0.6 is 0 Å². The summed E-state index contributed by atoms with van der Waals surface area (Å²) in [6.07, 6.45) is 0.0334. The van der Waals surface area contributed by atoms with Gasteiger partial charge in [-0.05, 0) is 18.2 Å². The number of ether oxygens (including phenoxy) is 1. The lowest BCUT2D eigenvalue weighted by molar-refractivity contribution is -0.119. The Morgan fingerprint density at radius 1 is 1.52 bits per heavy atom. The lowest BCUT2D eigenvalue weighted by atomic mass is 10.1. The van der Waals surface area contributed by atoms with E-state index in [1.54, 1.807) is 6.07 Å². The number of carbonyl (C=O) groups excluding carboxylic acids is 2. The number of aromatic nitrogens is 2. The van der Waals surface area contributed by atoms with Gasteiger partial charge in [0.1, 0.15) is 11.9 Å². The van der Waals surface area contributed by atoms with Crippen molar-refractivity contribution < 1.29 is 23.2 Å². The van der Waals surface area contributed by atoms with Crippen LogP contribution < -0.4 is 10.2 Å². The minimum atomic E-state index is -0.591. The molecule has 120 valence electrons. The van der Waals surface area contributed by atoms with Crippen molar-refractivity contribution in [2.75, 3.05) is 18.0 Å². The van der Waals surface area contributed by atoms with Gasteiger partial charge in [0.05, 0.1) is 24.3 Å². The summed E-state index contributed by atoms with van der Waals surface area (Å²) in [6.45, 7) is 1.81. The number of hydrogen-bond donors (Lipinski definition) is 1. The number of rotatable bonds is 4. The molecule has 0 saturated carbocycles.